The summed E-state index contributed by atoms with van der Waals surface area (Å²) in [6.07, 6.45) is -1.19. The third-order valence-corrected chi connectivity index (χ3v) is 8.13. The number of nitrogens with one attached hydrogen (secondary N) is 1. The van der Waals surface area contributed by atoms with Gasteiger partial charge in [-0.2, -0.15) is 23.7 Å². The lowest BCUT2D eigenvalue weighted by Crippen LogP contribution is -2.15. The second kappa shape index (κ2) is 9.96. The van der Waals surface area contributed by atoms with Crippen LogP contribution in [0.1, 0.15) is 40.0 Å². The van der Waals surface area contributed by atoms with Crippen LogP contribution < -0.4 is 14.8 Å². The Morgan fingerprint density at radius 3 is 2.62 bits per heavy atom. The number of aryl methyl sites for hydroxylation is 1. The number of carbonyl (C=O) groups is 1. The number of thioether (sulfide) groups is 1. The largest absolute Gasteiger partial charge is 0.454 e. The van der Waals surface area contributed by atoms with Crippen LogP contribution in [0, 0.1) is 22.7 Å². The number of hydrogen-bond donors (Lipinski definition) is 1. The fraction of sp³-hybridized carbons (Fsp3) is 0.280. The van der Waals surface area contributed by atoms with E-state index in [9.17, 15) is 28.5 Å². The van der Waals surface area contributed by atoms with Crippen molar-refractivity contribution in [2.45, 2.75) is 36.9 Å². The molecule has 0 saturated heterocycles. The zero-order valence-electron chi connectivity index (χ0n) is 19.1. The van der Waals surface area contributed by atoms with Gasteiger partial charge in [-0.15, -0.1) is 11.3 Å². The number of ether oxygens (including phenoxy) is 2. The molecule has 3 aromatic rings. The average Bonchev–Trinajstić information content (AvgIpc) is 3.49. The van der Waals surface area contributed by atoms with Gasteiger partial charge in [0.15, 0.2) is 11.5 Å². The summed E-state index contributed by atoms with van der Waals surface area (Å²) in [6.45, 7) is 0.00431. The molecule has 7 nitrogen and oxygen atoms in total. The first-order valence-corrected chi connectivity index (χ1v) is 13.0. The average molecular weight is 543 g/mol. The molecule has 0 fully saturated rings. The Labute approximate surface area is 217 Å². The summed E-state index contributed by atoms with van der Waals surface area (Å²) < 4.78 is 52.2. The van der Waals surface area contributed by atoms with Crippen molar-refractivity contribution in [2.24, 2.45) is 0 Å². The summed E-state index contributed by atoms with van der Waals surface area (Å²) in [5, 5.41) is 22.1. The van der Waals surface area contributed by atoms with Crippen molar-refractivity contribution >= 4 is 34.0 Å². The summed E-state index contributed by atoms with van der Waals surface area (Å²) in [7, 11) is 0. The first-order chi connectivity index (χ1) is 17.8. The first kappa shape index (κ1) is 24.9. The zero-order valence-corrected chi connectivity index (χ0v) is 20.7. The fourth-order valence-corrected chi connectivity index (χ4v) is 6.29. The fourth-order valence-electron chi connectivity index (χ4n) is 4.23. The van der Waals surface area contributed by atoms with Gasteiger partial charge in [-0.1, -0.05) is 11.8 Å². The number of anilines is 1. The summed E-state index contributed by atoms with van der Waals surface area (Å²) >= 11 is 2.09. The number of hydrogen-bond acceptors (Lipinski definition) is 8. The first-order valence-electron chi connectivity index (χ1n) is 11.2. The summed E-state index contributed by atoms with van der Waals surface area (Å²) in [5.41, 5.74) is -0.0737. The number of rotatable bonds is 5. The van der Waals surface area contributed by atoms with Gasteiger partial charge in [0.1, 0.15) is 22.2 Å². The number of pyridine rings is 1. The number of nitriles is 2. The Morgan fingerprint density at radius 2 is 1.86 bits per heavy atom. The van der Waals surface area contributed by atoms with Gasteiger partial charge < -0.3 is 14.8 Å². The highest BCUT2D eigenvalue weighted by atomic mass is 32.2. The molecule has 2 aliphatic rings. The molecule has 0 unspecified atom stereocenters. The van der Waals surface area contributed by atoms with E-state index < -0.39 is 23.2 Å². The molecule has 3 heterocycles. The van der Waals surface area contributed by atoms with E-state index in [2.05, 4.69) is 16.4 Å². The van der Waals surface area contributed by atoms with Gasteiger partial charge in [0, 0.05) is 10.4 Å². The molecule has 1 aliphatic heterocycles. The molecule has 0 radical (unpaired) electrons. The minimum Gasteiger partial charge on any atom is -0.454 e. The van der Waals surface area contributed by atoms with Crippen molar-refractivity contribution in [1.29, 1.82) is 10.5 Å². The standard InChI is InChI=1S/C25H17F3N4O3S2/c26-25(27,28)17-8-18(13-5-6-19-20(7-13)35-12-34-19)31-23(16(17)10-30)36-11-22(33)32-24-15(9-29)14-3-1-2-4-21(14)37-24/h5-8H,1-4,11-12H2,(H,32,33). The predicted molar refractivity (Wildman–Crippen MR) is 131 cm³/mol. The lowest BCUT2D eigenvalue weighted by molar-refractivity contribution is -0.138. The SMILES string of the molecule is N#Cc1c(C(F)(F)F)cc(-c2ccc3c(c2)OCO3)nc1SCC(=O)Nc1sc2c(c1C#N)CCCC2. The van der Waals surface area contributed by atoms with Gasteiger partial charge in [0.2, 0.25) is 12.7 Å². The molecule has 188 valence electrons. The molecule has 1 aromatic carbocycles. The molecule has 37 heavy (non-hydrogen) atoms. The second-order valence-corrected chi connectivity index (χ2v) is 10.3. The van der Waals surface area contributed by atoms with Gasteiger partial charge in [-0.05, 0) is 55.5 Å². The third kappa shape index (κ3) is 4.95. The van der Waals surface area contributed by atoms with Crippen LogP contribution in [0.3, 0.4) is 0 Å². The predicted octanol–water partition coefficient (Wildman–Crippen LogP) is 5.91. The van der Waals surface area contributed by atoms with Gasteiger partial charge >= 0.3 is 6.18 Å². The van der Waals surface area contributed by atoms with Gasteiger partial charge in [-0.3, -0.25) is 4.79 Å². The number of halogens is 3. The van der Waals surface area contributed by atoms with E-state index in [-0.39, 0.29) is 23.3 Å². The molecular weight excluding hydrogens is 525 g/mol. The number of alkyl halides is 3. The van der Waals surface area contributed by atoms with Gasteiger partial charge in [-0.25, -0.2) is 4.98 Å². The number of nitrogens with zero attached hydrogens (tertiary/aromatic N) is 3. The van der Waals surface area contributed by atoms with Crippen LogP contribution in [0.25, 0.3) is 11.3 Å². The smallest absolute Gasteiger partial charge is 0.417 e. The molecule has 0 spiro atoms. The molecule has 0 atom stereocenters. The molecule has 1 amide bonds. The Kier molecular flexibility index (Phi) is 6.71. The lowest BCUT2D eigenvalue weighted by atomic mass is 9.96. The maximum Gasteiger partial charge on any atom is 0.417 e. The van der Waals surface area contributed by atoms with Crippen LogP contribution in [0.15, 0.2) is 29.3 Å². The number of fused-ring (bicyclic) bond motifs is 2. The van der Waals surface area contributed by atoms with Gasteiger partial charge in [0.05, 0.1) is 28.1 Å². The monoisotopic (exact) mass is 542 g/mol. The van der Waals surface area contributed by atoms with Crippen LogP contribution in [0.5, 0.6) is 11.5 Å². The number of amides is 1. The van der Waals surface area contributed by atoms with E-state index in [1.54, 1.807) is 18.2 Å². The van der Waals surface area contributed by atoms with Crippen molar-refractivity contribution in [3.8, 4) is 34.9 Å². The molecule has 2 aromatic heterocycles. The summed E-state index contributed by atoms with van der Waals surface area (Å²) in [6, 6.07) is 9.20. The topological polar surface area (TPSA) is 108 Å². The molecule has 5 rings (SSSR count). The molecule has 0 bridgehead atoms. The highest BCUT2D eigenvalue weighted by molar-refractivity contribution is 8.00. The molecule has 12 heteroatoms. The van der Waals surface area contributed by atoms with E-state index in [0.29, 0.717) is 27.6 Å². The lowest BCUT2D eigenvalue weighted by Gasteiger charge is -2.14. The second-order valence-electron chi connectivity index (χ2n) is 8.28. The van der Waals surface area contributed by atoms with Gasteiger partial charge in [0.25, 0.3) is 0 Å². The maximum absolute atomic E-state index is 13.9. The van der Waals surface area contributed by atoms with Crippen LogP contribution in [-0.2, 0) is 23.8 Å². The zero-order chi connectivity index (χ0) is 26.2. The highest BCUT2D eigenvalue weighted by Crippen LogP contribution is 2.41. The minimum atomic E-state index is -4.81. The third-order valence-electron chi connectivity index (χ3n) is 5.95. The summed E-state index contributed by atoms with van der Waals surface area (Å²) in [5.74, 6) is 0.0362. The quantitative estimate of drug-likeness (QED) is 0.399. The number of aromatic nitrogens is 1. The van der Waals surface area contributed by atoms with Crippen LogP contribution in [0.4, 0.5) is 18.2 Å². The number of thiophene rings is 1. The normalized spacial score (nSPS) is 14.0. The van der Waals surface area contributed by atoms with Crippen LogP contribution in [-0.4, -0.2) is 23.4 Å². The van der Waals surface area contributed by atoms with Crippen molar-refractivity contribution < 1.29 is 27.4 Å². The van der Waals surface area contributed by atoms with E-state index >= 15 is 0 Å². The number of carbonyl (C=O) groups excluding carboxylic acids is 1. The Balaban J connectivity index is 1.43. The highest BCUT2D eigenvalue weighted by Gasteiger charge is 2.36. The van der Waals surface area contributed by atoms with E-state index in [1.807, 2.05) is 0 Å². The molecule has 0 saturated carbocycles. The Morgan fingerprint density at radius 1 is 1.11 bits per heavy atom. The minimum absolute atomic E-state index is 0.00431. The summed E-state index contributed by atoms with van der Waals surface area (Å²) in [4.78, 5) is 18.1. The van der Waals surface area contributed by atoms with Crippen molar-refractivity contribution in [3.63, 3.8) is 0 Å². The number of benzene rings is 1. The molecule has 1 aliphatic carbocycles. The molecule has 1 N–H and O–H groups in total. The van der Waals surface area contributed by atoms with Crippen LogP contribution in [0.2, 0.25) is 0 Å². The van der Waals surface area contributed by atoms with Crippen molar-refractivity contribution in [1.82, 2.24) is 4.98 Å². The van der Waals surface area contributed by atoms with E-state index in [0.717, 1.165) is 54.0 Å². The van der Waals surface area contributed by atoms with Crippen molar-refractivity contribution in [3.05, 3.63) is 51.4 Å². The molecular formula is C25H17F3N4O3S2. The van der Waals surface area contributed by atoms with Crippen LogP contribution >= 0.6 is 23.1 Å². The van der Waals surface area contributed by atoms with E-state index in [1.165, 1.54) is 17.4 Å². The Bertz CT molecular complexity index is 1490. The maximum atomic E-state index is 13.9. The van der Waals surface area contributed by atoms with Crippen molar-refractivity contribution in [2.75, 3.05) is 17.9 Å². The van der Waals surface area contributed by atoms with E-state index in [4.69, 9.17) is 9.47 Å². The Hall–Kier alpha value is -3.74.